The van der Waals surface area contributed by atoms with Crippen LogP contribution < -0.4 is 18.9 Å². The molecule has 0 bridgehead atoms. The monoisotopic (exact) mass is 141 g/mol. The van der Waals surface area contributed by atoms with Crippen molar-refractivity contribution in [3.63, 3.8) is 0 Å². The Balaban J connectivity index is 0.000001000. The SMILES string of the molecule is Cc1ccc([NH-])c(C)c1C.[Li+]. The van der Waals surface area contributed by atoms with Crippen LogP contribution in [0.1, 0.15) is 16.7 Å². The van der Waals surface area contributed by atoms with Gasteiger partial charge in [-0.05, 0) is 31.9 Å². The van der Waals surface area contributed by atoms with Gasteiger partial charge in [-0.3, -0.25) is 0 Å². The largest absolute Gasteiger partial charge is 1.00 e. The number of aryl methyl sites for hydroxylation is 1. The second kappa shape index (κ2) is 3.85. The minimum absolute atomic E-state index is 0. The second-order valence-electron chi connectivity index (χ2n) is 2.68. The predicted octanol–water partition coefficient (Wildman–Crippen LogP) is 0.300. The van der Waals surface area contributed by atoms with Gasteiger partial charge in [0.2, 0.25) is 0 Å². The molecule has 1 rings (SSSR count). The van der Waals surface area contributed by atoms with Crippen molar-refractivity contribution in [1.29, 1.82) is 0 Å². The summed E-state index contributed by atoms with van der Waals surface area (Å²) >= 11 is 0. The van der Waals surface area contributed by atoms with Gasteiger partial charge >= 0.3 is 18.9 Å². The molecule has 54 valence electrons. The van der Waals surface area contributed by atoms with Crippen molar-refractivity contribution < 1.29 is 18.9 Å². The molecule has 0 aliphatic heterocycles. The van der Waals surface area contributed by atoms with Gasteiger partial charge in [-0.2, -0.15) is 0 Å². The Bertz CT molecular complexity index is 229. The van der Waals surface area contributed by atoms with Crippen molar-refractivity contribution in [2.75, 3.05) is 0 Å². The molecule has 0 radical (unpaired) electrons. The molecule has 0 amide bonds. The zero-order valence-electron chi connectivity index (χ0n) is 7.65. The number of hydrogen-bond donors (Lipinski definition) is 0. The summed E-state index contributed by atoms with van der Waals surface area (Å²) in [5, 5.41) is 0. The molecule has 0 atom stereocenters. The molecular formula is C9H12LiN. The molecule has 11 heavy (non-hydrogen) atoms. The van der Waals surface area contributed by atoms with Crippen LogP contribution in [-0.2, 0) is 0 Å². The molecule has 1 N–H and O–H groups in total. The average Bonchev–Trinajstić information content (AvgIpc) is 1.93. The molecule has 0 aromatic heterocycles. The molecule has 0 aliphatic rings. The maximum absolute atomic E-state index is 7.46. The van der Waals surface area contributed by atoms with E-state index in [1.165, 1.54) is 11.1 Å². The van der Waals surface area contributed by atoms with Gasteiger partial charge in [0.05, 0.1) is 0 Å². The molecule has 1 aromatic rings. The molecular weight excluding hydrogens is 129 g/mol. The molecule has 1 aromatic carbocycles. The first kappa shape index (κ1) is 10.6. The minimum atomic E-state index is 0. The molecule has 0 heterocycles. The number of benzene rings is 1. The van der Waals surface area contributed by atoms with Crippen molar-refractivity contribution in [3.05, 3.63) is 34.6 Å². The first-order valence-electron chi connectivity index (χ1n) is 3.41. The average molecular weight is 141 g/mol. The van der Waals surface area contributed by atoms with Gasteiger partial charge in [-0.15, -0.1) is 5.69 Å². The van der Waals surface area contributed by atoms with E-state index in [9.17, 15) is 0 Å². The van der Waals surface area contributed by atoms with E-state index in [0.717, 1.165) is 5.56 Å². The number of rotatable bonds is 0. The number of nitrogens with one attached hydrogen (secondary N) is 1. The summed E-state index contributed by atoms with van der Waals surface area (Å²) in [4.78, 5) is 0. The van der Waals surface area contributed by atoms with Gasteiger partial charge in [0, 0.05) is 0 Å². The number of hydrogen-bond acceptors (Lipinski definition) is 0. The van der Waals surface area contributed by atoms with Gasteiger partial charge in [0.25, 0.3) is 0 Å². The summed E-state index contributed by atoms with van der Waals surface area (Å²) in [6.45, 7) is 6.12. The topological polar surface area (TPSA) is 23.8 Å². The third-order valence-corrected chi connectivity index (χ3v) is 2.06. The van der Waals surface area contributed by atoms with Crippen LogP contribution in [0.4, 0.5) is 5.69 Å². The first-order valence-corrected chi connectivity index (χ1v) is 3.41. The van der Waals surface area contributed by atoms with Crippen LogP contribution in [0.5, 0.6) is 0 Å². The smallest absolute Gasteiger partial charge is 0.698 e. The molecule has 0 fully saturated rings. The van der Waals surface area contributed by atoms with Gasteiger partial charge in [-0.1, -0.05) is 17.7 Å². The summed E-state index contributed by atoms with van der Waals surface area (Å²) < 4.78 is 0. The molecule has 2 heteroatoms. The maximum Gasteiger partial charge on any atom is 1.00 e. The van der Waals surface area contributed by atoms with Gasteiger partial charge < -0.3 is 5.73 Å². The predicted molar refractivity (Wildman–Crippen MR) is 44.6 cm³/mol. The molecule has 0 saturated heterocycles. The Morgan fingerprint density at radius 1 is 1.00 bits per heavy atom. The van der Waals surface area contributed by atoms with Gasteiger partial charge in [-0.25, -0.2) is 0 Å². The summed E-state index contributed by atoms with van der Waals surface area (Å²) in [6, 6.07) is 3.84. The van der Waals surface area contributed by atoms with Crippen LogP contribution in [-0.4, -0.2) is 0 Å². The summed E-state index contributed by atoms with van der Waals surface area (Å²) in [6.07, 6.45) is 0. The molecule has 0 aliphatic carbocycles. The van der Waals surface area contributed by atoms with E-state index >= 15 is 0 Å². The van der Waals surface area contributed by atoms with E-state index in [4.69, 9.17) is 5.73 Å². The van der Waals surface area contributed by atoms with Gasteiger partial charge in [0.1, 0.15) is 0 Å². The Labute approximate surface area is 80.2 Å². The molecule has 0 spiro atoms. The fourth-order valence-electron chi connectivity index (χ4n) is 0.956. The van der Waals surface area contributed by atoms with E-state index in [1.54, 1.807) is 0 Å². The zero-order chi connectivity index (χ0) is 7.72. The van der Waals surface area contributed by atoms with Gasteiger partial charge in [0.15, 0.2) is 0 Å². The van der Waals surface area contributed by atoms with E-state index < -0.39 is 0 Å². The Hall–Kier alpha value is -0.383. The quantitative estimate of drug-likeness (QED) is 0.464. The minimum Gasteiger partial charge on any atom is -0.698 e. The standard InChI is InChI=1S/C9H12N.Li/c1-6-4-5-9(10)8(3)7(6)2;/h4-5,10H,1-3H3;/q-1;+1. The maximum atomic E-state index is 7.46. The van der Waals surface area contributed by atoms with Crippen LogP contribution in [0.3, 0.4) is 0 Å². The fourth-order valence-corrected chi connectivity index (χ4v) is 0.956. The van der Waals surface area contributed by atoms with E-state index in [2.05, 4.69) is 13.8 Å². The first-order chi connectivity index (χ1) is 4.63. The molecule has 0 unspecified atom stereocenters. The van der Waals surface area contributed by atoms with Crippen LogP contribution in [0.25, 0.3) is 5.73 Å². The van der Waals surface area contributed by atoms with Crippen LogP contribution in [0.15, 0.2) is 12.1 Å². The summed E-state index contributed by atoms with van der Waals surface area (Å²) in [5.74, 6) is 0. The summed E-state index contributed by atoms with van der Waals surface area (Å²) in [7, 11) is 0. The van der Waals surface area contributed by atoms with Crippen molar-refractivity contribution in [1.82, 2.24) is 0 Å². The second-order valence-corrected chi connectivity index (χ2v) is 2.68. The van der Waals surface area contributed by atoms with Crippen molar-refractivity contribution in [2.45, 2.75) is 20.8 Å². The molecule has 1 nitrogen and oxygen atoms in total. The van der Waals surface area contributed by atoms with Crippen LogP contribution in [0.2, 0.25) is 0 Å². The Kier molecular flexibility index (Phi) is 3.72. The third-order valence-electron chi connectivity index (χ3n) is 2.06. The van der Waals surface area contributed by atoms with Crippen molar-refractivity contribution in [2.24, 2.45) is 0 Å². The zero-order valence-corrected chi connectivity index (χ0v) is 7.65. The third kappa shape index (κ3) is 2.02. The Morgan fingerprint density at radius 2 is 1.55 bits per heavy atom. The van der Waals surface area contributed by atoms with Crippen LogP contribution in [0, 0.1) is 20.8 Å². The van der Waals surface area contributed by atoms with Crippen molar-refractivity contribution >= 4 is 5.69 Å². The Morgan fingerprint density at radius 3 is 2.00 bits per heavy atom. The van der Waals surface area contributed by atoms with E-state index in [1.807, 2.05) is 19.1 Å². The fraction of sp³-hybridized carbons (Fsp3) is 0.333. The van der Waals surface area contributed by atoms with E-state index in [0.29, 0.717) is 5.69 Å². The summed E-state index contributed by atoms with van der Waals surface area (Å²) in [5.41, 5.74) is 11.7. The normalized spacial score (nSPS) is 9.00. The van der Waals surface area contributed by atoms with E-state index in [-0.39, 0.29) is 18.9 Å². The molecule has 0 saturated carbocycles. The van der Waals surface area contributed by atoms with Crippen molar-refractivity contribution in [3.8, 4) is 0 Å². The van der Waals surface area contributed by atoms with Crippen LogP contribution >= 0.6 is 0 Å².